The average Bonchev–Trinajstić information content (AvgIpc) is 2.37. The van der Waals surface area contributed by atoms with Crippen molar-refractivity contribution in [1.82, 2.24) is 4.98 Å². The Hall–Kier alpha value is -1.67. The zero-order chi connectivity index (χ0) is 14.5. The summed E-state index contributed by atoms with van der Waals surface area (Å²) in [5.74, 6) is 0.350. The number of hydrogen-bond donors (Lipinski definition) is 1. The number of aromatic nitrogens is 1. The SMILES string of the molecule is COC(=O)CCCN(C)c1ccc(S(N)(=O)=O)cn1. The number of sulfonamides is 1. The van der Waals surface area contributed by atoms with Crippen LogP contribution in [0.2, 0.25) is 0 Å². The lowest BCUT2D eigenvalue weighted by Gasteiger charge is -2.17. The van der Waals surface area contributed by atoms with Crippen LogP contribution in [0, 0.1) is 0 Å². The van der Waals surface area contributed by atoms with E-state index in [1.807, 2.05) is 4.90 Å². The molecule has 0 aliphatic rings. The second-order valence-electron chi connectivity index (χ2n) is 4.00. The summed E-state index contributed by atoms with van der Waals surface area (Å²) < 4.78 is 26.7. The summed E-state index contributed by atoms with van der Waals surface area (Å²) in [4.78, 5) is 16.7. The molecule has 7 nitrogen and oxygen atoms in total. The molecule has 8 heteroatoms. The fourth-order valence-corrected chi connectivity index (χ4v) is 1.90. The molecule has 0 bridgehead atoms. The zero-order valence-electron chi connectivity index (χ0n) is 10.9. The van der Waals surface area contributed by atoms with Crippen molar-refractivity contribution >= 4 is 21.8 Å². The van der Waals surface area contributed by atoms with Crippen LogP contribution in [-0.2, 0) is 19.6 Å². The molecule has 0 saturated carbocycles. The Kier molecular flexibility index (Phi) is 5.25. The molecule has 0 aliphatic carbocycles. The van der Waals surface area contributed by atoms with Gasteiger partial charge < -0.3 is 9.64 Å². The van der Waals surface area contributed by atoms with Gasteiger partial charge in [0.25, 0.3) is 0 Å². The Morgan fingerprint density at radius 3 is 2.63 bits per heavy atom. The molecule has 1 rings (SSSR count). The summed E-state index contributed by atoms with van der Waals surface area (Å²) >= 11 is 0. The molecule has 0 radical (unpaired) electrons. The number of rotatable bonds is 6. The maximum Gasteiger partial charge on any atom is 0.305 e. The molecule has 1 heterocycles. The van der Waals surface area contributed by atoms with E-state index < -0.39 is 10.0 Å². The number of nitrogens with zero attached hydrogens (tertiary/aromatic N) is 2. The maximum atomic E-state index is 11.1. The average molecular weight is 287 g/mol. The Morgan fingerprint density at radius 1 is 1.47 bits per heavy atom. The lowest BCUT2D eigenvalue weighted by atomic mass is 10.3. The quantitative estimate of drug-likeness (QED) is 0.745. The number of nitrogens with two attached hydrogens (primary N) is 1. The standard InChI is InChI=1S/C11H17N3O4S/c1-14(7-3-4-11(15)18-2)10-6-5-9(8-13-10)19(12,16)17/h5-6,8H,3-4,7H2,1-2H3,(H2,12,16,17). The Bertz CT molecular complexity index is 527. The number of esters is 1. The summed E-state index contributed by atoms with van der Waals surface area (Å²) in [7, 11) is -0.570. The molecule has 1 aromatic heterocycles. The van der Waals surface area contributed by atoms with E-state index in [0.29, 0.717) is 25.2 Å². The summed E-state index contributed by atoms with van der Waals surface area (Å²) in [6.07, 6.45) is 2.17. The number of primary sulfonamides is 1. The number of carbonyl (C=O) groups is 1. The molecule has 0 amide bonds. The van der Waals surface area contributed by atoms with Gasteiger partial charge in [-0.3, -0.25) is 4.79 Å². The van der Waals surface area contributed by atoms with Gasteiger partial charge in [-0.15, -0.1) is 0 Å². The van der Waals surface area contributed by atoms with Crippen LogP contribution < -0.4 is 10.0 Å². The first-order chi connectivity index (χ1) is 8.84. The summed E-state index contributed by atoms with van der Waals surface area (Å²) in [6, 6.07) is 2.96. The highest BCUT2D eigenvalue weighted by molar-refractivity contribution is 7.89. The van der Waals surface area contributed by atoms with Crippen LogP contribution in [-0.4, -0.2) is 40.1 Å². The van der Waals surface area contributed by atoms with Crippen molar-refractivity contribution in [3.05, 3.63) is 18.3 Å². The van der Waals surface area contributed by atoms with E-state index in [4.69, 9.17) is 5.14 Å². The first-order valence-corrected chi connectivity index (χ1v) is 7.16. The molecule has 106 valence electrons. The third kappa shape index (κ3) is 4.84. The second-order valence-corrected chi connectivity index (χ2v) is 5.56. The van der Waals surface area contributed by atoms with Gasteiger partial charge in [-0.05, 0) is 18.6 Å². The van der Waals surface area contributed by atoms with E-state index in [0.717, 1.165) is 0 Å². The predicted molar refractivity (Wildman–Crippen MR) is 70.1 cm³/mol. The van der Waals surface area contributed by atoms with Crippen molar-refractivity contribution in [1.29, 1.82) is 0 Å². The first-order valence-electron chi connectivity index (χ1n) is 5.61. The number of ether oxygens (including phenoxy) is 1. The number of pyridine rings is 1. The van der Waals surface area contributed by atoms with Crippen molar-refractivity contribution in [3.8, 4) is 0 Å². The molecule has 0 unspecified atom stereocenters. The van der Waals surface area contributed by atoms with Crippen molar-refractivity contribution in [3.63, 3.8) is 0 Å². The number of carbonyl (C=O) groups excluding carboxylic acids is 1. The summed E-state index contributed by atoms with van der Waals surface area (Å²) in [6.45, 7) is 0.608. The topological polar surface area (TPSA) is 103 Å². The fraction of sp³-hybridized carbons (Fsp3) is 0.455. The minimum absolute atomic E-state index is 0.0285. The van der Waals surface area contributed by atoms with Gasteiger partial charge in [-0.25, -0.2) is 18.5 Å². The molecule has 0 saturated heterocycles. The Balaban J connectivity index is 2.58. The first kappa shape index (κ1) is 15.4. The molecule has 1 aromatic rings. The molecule has 0 fully saturated rings. The zero-order valence-corrected chi connectivity index (χ0v) is 11.7. The van der Waals surface area contributed by atoms with Crippen molar-refractivity contribution in [2.75, 3.05) is 25.6 Å². The summed E-state index contributed by atoms with van der Waals surface area (Å²) in [5.41, 5.74) is 0. The van der Waals surface area contributed by atoms with E-state index in [-0.39, 0.29) is 10.9 Å². The number of anilines is 1. The minimum atomic E-state index is -3.72. The van der Waals surface area contributed by atoms with Gasteiger partial charge in [-0.1, -0.05) is 0 Å². The smallest absolute Gasteiger partial charge is 0.305 e. The van der Waals surface area contributed by atoms with E-state index in [1.54, 1.807) is 13.1 Å². The fourth-order valence-electron chi connectivity index (χ4n) is 1.44. The largest absolute Gasteiger partial charge is 0.469 e. The van der Waals surface area contributed by atoms with Gasteiger partial charge in [-0.2, -0.15) is 0 Å². The molecule has 0 aliphatic heterocycles. The van der Waals surface area contributed by atoms with Crippen molar-refractivity contribution < 1.29 is 17.9 Å². The number of methoxy groups -OCH3 is 1. The van der Waals surface area contributed by atoms with Crippen molar-refractivity contribution in [2.24, 2.45) is 5.14 Å². The van der Waals surface area contributed by atoms with E-state index in [2.05, 4.69) is 9.72 Å². The lowest BCUT2D eigenvalue weighted by Crippen LogP contribution is -2.21. The highest BCUT2D eigenvalue weighted by Gasteiger charge is 2.09. The predicted octanol–water partition coefficient (Wildman–Crippen LogP) is 0.118. The molecule has 19 heavy (non-hydrogen) atoms. The van der Waals surface area contributed by atoms with Gasteiger partial charge in [0.05, 0.1) is 7.11 Å². The second kappa shape index (κ2) is 6.48. The maximum absolute atomic E-state index is 11.1. The van der Waals surface area contributed by atoms with Gasteiger partial charge >= 0.3 is 5.97 Å². The Labute approximate surface area is 112 Å². The van der Waals surface area contributed by atoms with Crippen LogP contribution >= 0.6 is 0 Å². The summed E-state index contributed by atoms with van der Waals surface area (Å²) in [5, 5.41) is 4.98. The lowest BCUT2D eigenvalue weighted by molar-refractivity contribution is -0.140. The third-order valence-electron chi connectivity index (χ3n) is 2.54. The van der Waals surface area contributed by atoms with Crippen LogP contribution in [0.1, 0.15) is 12.8 Å². The molecule has 0 spiro atoms. The molecular formula is C11H17N3O4S. The van der Waals surface area contributed by atoms with Gasteiger partial charge in [0.15, 0.2) is 0 Å². The Morgan fingerprint density at radius 2 is 2.16 bits per heavy atom. The van der Waals surface area contributed by atoms with Gasteiger partial charge in [0.2, 0.25) is 10.0 Å². The van der Waals surface area contributed by atoms with E-state index in [1.165, 1.54) is 19.4 Å². The van der Waals surface area contributed by atoms with Crippen LogP contribution in [0.3, 0.4) is 0 Å². The van der Waals surface area contributed by atoms with E-state index in [9.17, 15) is 13.2 Å². The number of hydrogen-bond acceptors (Lipinski definition) is 6. The van der Waals surface area contributed by atoms with Crippen LogP contribution in [0.25, 0.3) is 0 Å². The van der Waals surface area contributed by atoms with Crippen LogP contribution in [0.15, 0.2) is 23.2 Å². The molecule has 2 N–H and O–H groups in total. The van der Waals surface area contributed by atoms with Gasteiger partial charge in [0, 0.05) is 26.2 Å². The van der Waals surface area contributed by atoms with Crippen molar-refractivity contribution in [2.45, 2.75) is 17.7 Å². The van der Waals surface area contributed by atoms with Crippen LogP contribution in [0.4, 0.5) is 5.82 Å². The highest BCUT2D eigenvalue weighted by atomic mass is 32.2. The molecule has 0 atom stereocenters. The monoisotopic (exact) mass is 287 g/mol. The van der Waals surface area contributed by atoms with Crippen LogP contribution in [0.5, 0.6) is 0 Å². The minimum Gasteiger partial charge on any atom is -0.469 e. The molecular weight excluding hydrogens is 270 g/mol. The normalized spacial score (nSPS) is 11.1. The molecule has 0 aromatic carbocycles. The third-order valence-corrected chi connectivity index (χ3v) is 3.44. The van der Waals surface area contributed by atoms with Gasteiger partial charge in [0.1, 0.15) is 10.7 Å². The van der Waals surface area contributed by atoms with E-state index >= 15 is 0 Å². The highest BCUT2D eigenvalue weighted by Crippen LogP contribution is 2.12.